The second-order valence-electron chi connectivity index (χ2n) is 2.10. The molecule has 1 aromatic carbocycles. The average molecular weight is 151 g/mol. The maximum absolute atomic E-state index is 9.92. The predicted octanol–water partition coefficient (Wildman–Crippen LogP) is 0.423. The minimum Gasteiger partial charge on any atom is -0.369 e. The van der Waals surface area contributed by atoms with Gasteiger partial charge in [0, 0.05) is 5.56 Å². The Labute approximate surface area is 64.7 Å². The summed E-state index contributed by atoms with van der Waals surface area (Å²) in [4.78, 5) is 9.92. The average Bonchev–Trinajstić information content (AvgIpc) is 2.07. The molecule has 0 aliphatic rings. The first-order valence-electron chi connectivity index (χ1n) is 3.27. The molecule has 0 heterocycles. The molecule has 1 rings (SSSR count). The molecule has 0 saturated heterocycles. The number of nitrogens with one attached hydrogen (secondary N) is 1. The summed E-state index contributed by atoms with van der Waals surface area (Å²) in [5.41, 5.74) is 0.680. The molecule has 11 heavy (non-hydrogen) atoms. The molecule has 1 unspecified atom stereocenters. The molecule has 58 valence electrons. The molecule has 0 saturated carbocycles. The Balaban J connectivity index is 2.68. The molecule has 3 nitrogen and oxygen atoms in total. The fraction of sp³-hybridized carbons (Fsp3) is 0.125. The van der Waals surface area contributed by atoms with E-state index in [0.717, 1.165) is 0 Å². The number of hydrogen-bond donors (Lipinski definition) is 2. The van der Waals surface area contributed by atoms with Crippen molar-refractivity contribution < 1.29 is 9.90 Å². The van der Waals surface area contributed by atoms with Crippen molar-refractivity contribution in [1.29, 1.82) is 0 Å². The summed E-state index contributed by atoms with van der Waals surface area (Å²) in [5.74, 6) is 0. The number of carbonyl (C=O) groups is 1. The third-order valence-electron chi connectivity index (χ3n) is 1.34. The second-order valence-corrected chi connectivity index (χ2v) is 2.10. The van der Waals surface area contributed by atoms with Gasteiger partial charge < -0.3 is 10.4 Å². The van der Waals surface area contributed by atoms with Gasteiger partial charge in [0.15, 0.2) is 6.23 Å². The molecule has 0 aliphatic heterocycles. The van der Waals surface area contributed by atoms with Crippen LogP contribution in [0.25, 0.3) is 0 Å². The Morgan fingerprint density at radius 3 is 2.55 bits per heavy atom. The standard InChI is InChI=1S/C8H9NO2/c10-6-9-8(11)7-4-2-1-3-5-7/h1-6,8,11H,(H,9,10). The number of hydrogen-bond acceptors (Lipinski definition) is 2. The molecule has 1 amide bonds. The van der Waals surface area contributed by atoms with E-state index >= 15 is 0 Å². The smallest absolute Gasteiger partial charge is 0.209 e. The Kier molecular flexibility index (Phi) is 2.63. The summed E-state index contributed by atoms with van der Waals surface area (Å²) in [5, 5.41) is 11.4. The van der Waals surface area contributed by atoms with Gasteiger partial charge >= 0.3 is 0 Å². The third kappa shape index (κ3) is 2.05. The lowest BCUT2D eigenvalue weighted by atomic mass is 10.2. The number of rotatable bonds is 3. The second kappa shape index (κ2) is 3.73. The molecular weight excluding hydrogens is 142 g/mol. The van der Waals surface area contributed by atoms with Crippen molar-refractivity contribution in [3.8, 4) is 0 Å². The van der Waals surface area contributed by atoms with Crippen molar-refractivity contribution in [3.63, 3.8) is 0 Å². The number of aliphatic hydroxyl groups is 1. The van der Waals surface area contributed by atoms with E-state index in [2.05, 4.69) is 5.32 Å². The Morgan fingerprint density at radius 1 is 1.36 bits per heavy atom. The van der Waals surface area contributed by atoms with Crippen LogP contribution in [0.15, 0.2) is 30.3 Å². The van der Waals surface area contributed by atoms with E-state index in [9.17, 15) is 9.90 Å². The largest absolute Gasteiger partial charge is 0.369 e. The van der Waals surface area contributed by atoms with E-state index in [1.807, 2.05) is 6.07 Å². The number of benzene rings is 1. The number of aliphatic hydroxyl groups excluding tert-OH is 1. The van der Waals surface area contributed by atoms with Gasteiger partial charge in [-0.05, 0) is 0 Å². The molecule has 0 aliphatic carbocycles. The summed E-state index contributed by atoms with van der Waals surface area (Å²) >= 11 is 0. The van der Waals surface area contributed by atoms with E-state index < -0.39 is 6.23 Å². The summed E-state index contributed by atoms with van der Waals surface area (Å²) in [7, 11) is 0. The van der Waals surface area contributed by atoms with Crippen molar-refractivity contribution >= 4 is 6.41 Å². The SMILES string of the molecule is O=CNC(O)c1ccccc1. The summed E-state index contributed by atoms with van der Waals surface area (Å²) < 4.78 is 0. The zero-order chi connectivity index (χ0) is 8.10. The Hall–Kier alpha value is -1.35. The first-order chi connectivity index (χ1) is 5.34. The topological polar surface area (TPSA) is 49.3 Å². The van der Waals surface area contributed by atoms with Crippen LogP contribution in [-0.4, -0.2) is 11.5 Å². The molecule has 0 fully saturated rings. The van der Waals surface area contributed by atoms with Gasteiger partial charge in [0.2, 0.25) is 6.41 Å². The lowest BCUT2D eigenvalue weighted by Crippen LogP contribution is -2.18. The van der Waals surface area contributed by atoms with Crippen LogP contribution in [0.3, 0.4) is 0 Å². The molecule has 0 bridgehead atoms. The molecular formula is C8H9NO2. The Bertz CT molecular complexity index is 223. The summed E-state index contributed by atoms with van der Waals surface area (Å²) in [6.45, 7) is 0. The van der Waals surface area contributed by atoms with Crippen molar-refractivity contribution in [2.75, 3.05) is 0 Å². The highest BCUT2D eigenvalue weighted by molar-refractivity contribution is 5.47. The number of amides is 1. The highest BCUT2D eigenvalue weighted by atomic mass is 16.3. The summed E-state index contributed by atoms with van der Waals surface area (Å²) in [6, 6.07) is 8.91. The van der Waals surface area contributed by atoms with E-state index in [0.29, 0.717) is 12.0 Å². The van der Waals surface area contributed by atoms with Crippen LogP contribution < -0.4 is 5.32 Å². The van der Waals surface area contributed by atoms with Crippen molar-refractivity contribution in [2.24, 2.45) is 0 Å². The van der Waals surface area contributed by atoms with Crippen molar-refractivity contribution in [3.05, 3.63) is 35.9 Å². The van der Waals surface area contributed by atoms with E-state index in [1.165, 1.54) is 0 Å². The number of carbonyl (C=O) groups excluding carboxylic acids is 1. The zero-order valence-corrected chi connectivity index (χ0v) is 5.90. The first kappa shape index (κ1) is 7.75. The van der Waals surface area contributed by atoms with Gasteiger partial charge in [0.05, 0.1) is 0 Å². The van der Waals surface area contributed by atoms with Gasteiger partial charge in [0.1, 0.15) is 0 Å². The Morgan fingerprint density at radius 2 is 2.00 bits per heavy atom. The first-order valence-corrected chi connectivity index (χ1v) is 3.27. The van der Waals surface area contributed by atoms with E-state index in [4.69, 9.17) is 0 Å². The van der Waals surface area contributed by atoms with Gasteiger partial charge in [-0.3, -0.25) is 4.79 Å². The molecule has 1 aromatic rings. The molecule has 1 atom stereocenters. The third-order valence-corrected chi connectivity index (χ3v) is 1.34. The lowest BCUT2D eigenvalue weighted by Gasteiger charge is -2.07. The van der Waals surface area contributed by atoms with Gasteiger partial charge in [-0.25, -0.2) is 0 Å². The van der Waals surface area contributed by atoms with E-state index in [1.54, 1.807) is 24.3 Å². The van der Waals surface area contributed by atoms with E-state index in [-0.39, 0.29) is 0 Å². The van der Waals surface area contributed by atoms with Crippen LogP contribution in [0.4, 0.5) is 0 Å². The monoisotopic (exact) mass is 151 g/mol. The lowest BCUT2D eigenvalue weighted by molar-refractivity contribution is -0.112. The van der Waals surface area contributed by atoms with Gasteiger partial charge in [-0.2, -0.15) is 0 Å². The van der Waals surface area contributed by atoms with Crippen LogP contribution >= 0.6 is 0 Å². The molecule has 0 spiro atoms. The normalized spacial score (nSPS) is 12.1. The zero-order valence-electron chi connectivity index (χ0n) is 5.90. The van der Waals surface area contributed by atoms with Crippen LogP contribution in [0.1, 0.15) is 11.8 Å². The van der Waals surface area contributed by atoms with Crippen molar-refractivity contribution in [2.45, 2.75) is 6.23 Å². The predicted molar refractivity (Wildman–Crippen MR) is 40.6 cm³/mol. The van der Waals surface area contributed by atoms with Gasteiger partial charge in [0.25, 0.3) is 0 Å². The summed E-state index contributed by atoms with van der Waals surface area (Å²) in [6.07, 6.45) is -0.425. The van der Waals surface area contributed by atoms with Crippen LogP contribution in [0.2, 0.25) is 0 Å². The fourth-order valence-electron chi connectivity index (χ4n) is 0.796. The fourth-order valence-corrected chi connectivity index (χ4v) is 0.796. The molecule has 0 radical (unpaired) electrons. The maximum atomic E-state index is 9.92. The van der Waals surface area contributed by atoms with Gasteiger partial charge in [-0.1, -0.05) is 30.3 Å². The molecule has 2 N–H and O–H groups in total. The quantitative estimate of drug-likeness (QED) is 0.486. The highest BCUT2D eigenvalue weighted by Crippen LogP contribution is 2.06. The van der Waals surface area contributed by atoms with Crippen molar-refractivity contribution in [1.82, 2.24) is 5.32 Å². The minimum absolute atomic E-state index is 0.470. The maximum Gasteiger partial charge on any atom is 0.209 e. The minimum atomic E-state index is -0.895. The van der Waals surface area contributed by atoms with Crippen LogP contribution in [0, 0.1) is 0 Å². The van der Waals surface area contributed by atoms with Crippen LogP contribution in [0.5, 0.6) is 0 Å². The van der Waals surface area contributed by atoms with Gasteiger partial charge in [-0.15, -0.1) is 0 Å². The molecule has 0 aromatic heterocycles. The highest BCUT2D eigenvalue weighted by Gasteiger charge is 2.01. The molecule has 3 heteroatoms. The van der Waals surface area contributed by atoms with Crippen LogP contribution in [-0.2, 0) is 4.79 Å².